The molecule has 106 valence electrons. The Labute approximate surface area is 122 Å². The van der Waals surface area contributed by atoms with Crippen LogP contribution in [-0.4, -0.2) is 22.1 Å². The number of rotatable bonds is 5. The first-order valence-electron chi connectivity index (χ1n) is 6.32. The number of hydrogen-bond acceptors (Lipinski definition) is 3. The second kappa shape index (κ2) is 6.43. The van der Waals surface area contributed by atoms with Gasteiger partial charge in [0.2, 0.25) is 0 Å². The maximum Gasteiger partial charge on any atom is 0.274 e. The molecule has 0 unspecified atom stereocenters. The minimum absolute atomic E-state index is 0.256. The summed E-state index contributed by atoms with van der Waals surface area (Å²) in [5, 5.41) is 3.27. The van der Waals surface area contributed by atoms with Gasteiger partial charge < -0.3 is 14.6 Å². The van der Waals surface area contributed by atoms with E-state index in [1.807, 2.05) is 6.92 Å². The molecule has 0 bridgehead atoms. The van der Waals surface area contributed by atoms with Crippen LogP contribution in [-0.2, 0) is 7.05 Å². The third kappa shape index (κ3) is 3.11. The number of carbonyl (C=O) groups excluding carboxylic acids is 1. The van der Waals surface area contributed by atoms with Crippen molar-refractivity contribution >= 4 is 23.2 Å². The summed E-state index contributed by atoms with van der Waals surface area (Å²) >= 11 is 6.11. The average Bonchev–Trinajstić information content (AvgIpc) is 2.84. The van der Waals surface area contributed by atoms with Gasteiger partial charge in [-0.05, 0) is 18.6 Å². The van der Waals surface area contributed by atoms with Gasteiger partial charge in [0.1, 0.15) is 5.69 Å². The number of nitrogens with zero attached hydrogens (tertiary/aromatic N) is 2. The van der Waals surface area contributed by atoms with E-state index in [-0.39, 0.29) is 5.91 Å². The molecule has 0 aliphatic heterocycles. The standard InChI is InChI=1S/C14H16ClN3O2/c1-3-7-20-13-10(15)5-4-6-11(13)17-14(19)12-8-16-9-18(12)2/h4-6,8-9H,3,7H2,1-2H3,(H,17,19). The number of nitrogens with one attached hydrogen (secondary N) is 1. The highest BCUT2D eigenvalue weighted by atomic mass is 35.5. The lowest BCUT2D eigenvalue weighted by Gasteiger charge is -2.13. The molecule has 20 heavy (non-hydrogen) atoms. The molecule has 6 heteroatoms. The topological polar surface area (TPSA) is 56.1 Å². The van der Waals surface area contributed by atoms with E-state index in [0.717, 1.165) is 6.42 Å². The van der Waals surface area contributed by atoms with Crippen molar-refractivity contribution in [2.45, 2.75) is 13.3 Å². The van der Waals surface area contributed by atoms with E-state index >= 15 is 0 Å². The Morgan fingerprint density at radius 1 is 1.50 bits per heavy atom. The van der Waals surface area contributed by atoms with Gasteiger partial charge in [-0.2, -0.15) is 0 Å². The molecule has 5 nitrogen and oxygen atoms in total. The van der Waals surface area contributed by atoms with E-state index in [9.17, 15) is 4.79 Å². The maximum absolute atomic E-state index is 12.2. The third-order valence-corrected chi connectivity index (χ3v) is 3.01. The largest absolute Gasteiger partial charge is 0.490 e. The van der Waals surface area contributed by atoms with Gasteiger partial charge in [0.15, 0.2) is 5.75 Å². The van der Waals surface area contributed by atoms with Crippen molar-refractivity contribution in [3.63, 3.8) is 0 Å². The summed E-state index contributed by atoms with van der Waals surface area (Å²) in [4.78, 5) is 16.1. The molecule has 1 N–H and O–H groups in total. The van der Waals surface area contributed by atoms with Crippen LogP contribution in [0.25, 0.3) is 0 Å². The smallest absolute Gasteiger partial charge is 0.274 e. The van der Waals surface area contributed by atoms with Crippen LogP contribution in [0.2, 0.25) is 5.02 Å². The molecule has 2 rings (SSSR count). The monoisotopic (exact) mass is 293 g/mol. The van der Waals surface area contributed by atoms with Crippen molar-refractivity contribution in [3.05, 3.63) is 41.4 Å². The van der Waals surface area contributed by atoms with Crippen molar-refractivity contribution in [2.24, 2.45) is 7.05 Å². The van der Waals surface area contributed by atoms with Gasteiger partial charge >= 0.3 is 0 Å². The zero-order valence-corrected chi connectivity index (χ0v) is 12.1. The molecule has 0 aliphatic carbocycles. The van der Waals surface area contributed by atoms with Gasteiger partial charge in [0, 0.05) is 7.05 Å². The maximum atomic E-state index is 12.2. The van der Waals surface area contributed by atoms with E-state index in [0.29, 0.717) is 28.8 Å². The first-order valence-corrected chi connectivity index (χ1v) is 6.70. The quantitative estimate of drug-likeness (QED) is 0.921. The number of carbonyl (C=O) groups is 1. The van der Waals surface area contributed by atoms with E-state index < -0.39 is 0 Å². The van der Waals surface area contributed by atoms with Crippen LogP contribution in [0.4, 0.5) is 5.69 Å². The van der Waals surface area contributed by atoms with Crippen LogP contribution < -0.4 is 10.1 Å². The van der Waals surface area contributed by atoms with Crippen molar-refractivity contribution in [2.75, 3.05) is 11.9 Å². The Kier molecular flexibility index (Phi) is 4.63. The number of amides is 1. The number of imidazole rings is 1. The van der Waals surface area contributed by atoms with Gasteiger partial charge in [-0.15, -0.1) is 0 Å². The fourth-order valence-electron chi connectivity index (χ4n) is 1.72. The molecule has 0 saturated carbocycles. The predicted molar refractivity (Wildman–Crippen MR) is 78.4 cm³/mol. The number of aryl methyl sites for hydroxylation is 1. The zero-order valence-electron chi connectivity index (χ0n) is 11.4. The van der Waals surface area contributed by atoms with Gasteiger partial charge in [-0.3, -0.25) is 4.79 Å². The van der Waals surface area contributed by atoms with E-state index in [1.54, 1.807) is 36.1 Å². The summed E-state index contributed by atoms with van der Waals surface area (Å²) in [5.74, 6) is 0.236. The number of aromatic nitrogens is 2. The summed E-state index contributed by atoms with van der Waals surface area (Å²) in [6.45, 7) is 2.54. The van der Waals surface area contributed by atoms with Gasteiger partial charge in [0.25, 0.3) is 5.91 Å². The van der Waals surface area contributed by atoms with Gasteiger partial charge in [-0.25, -0.2) is 4.98 Å². The van der Waals surface area contributed by atoms with Gasteiger partial charge in [0.05, 0.1) is 29.8 Å². The molecule has 0 fully saturated rings. The predicted octanol–water partition coefficient (Wildman–Crippen LogP) is 3.11. The minimum atomic E-state index is -0.256. The fraction of sp³-hybridized carbons (Fsp3) is 0.286. The highest BCUT2D eigenvalue weighted by Crippen LogP contribution is 2.33. The summed E-state index contributed by atoms with van der Waals surface area (Å²) in [7, 11) is 1.76. The Morgan fingerprint density at radius 2 is 2.30 bits per heavy atom. The highest BCUT2D eigenvalue weighted by molar-refractivity contribution is 6.32. The Hall–Kier alpha value is -2.01. The lowest BCUT2D eigenvalue weighted by atomic mass is 10.2. The zero-order chi connectivity index (χ0) is 14.5. The van der Waals surface area contributed by atoms with Crippen LogP contribution in [0.1, 0.15) is 23.8 Å². The average molecular weight is 294 g/mol. The molecule has 0 aliphatic rings. The van der Waals surface area contributed by atoms with Crippen LogP contribution in [0, 0.1) is 0 Å². The Balaban J connectivity index is 2.23. The normalized spacial score (nSPS) is 10.3. The molecule has 0 radical (unpaired) electrons. The highest BCUT2D eigenvalue weighted by Gasteiger charge is 2.14. The van der Waals surface area contributed by atoms with Crippen LogP contribution in [0.5, 0.6) is 5.75 Å². The first-order chi connectivity index (χ1) is 9.63. The molecule has 0 saturated heterocycles. The summed E-state index contributed by atoms with van der Waals surface area (Å²) < 4.78 is 7.24. The molecule has 0 atom stereocenters. The van der Waals surface area contributed by atoms with Crippen molar-refractivity contribution in [3.8, 4) is 5.75 Å². The lowest BCUT2D eigenvalue weighted by molar-refractivity contribution is 0.101. The minimum Gasteiger partial charge on any atom is -0.490 e. The summed E-state index contributed by atoms with van der Waals surface area (Å²) in [5.41, 5.74) is 1.02. The summed E-state index contributed by atoms with van der Waals surface area (Å²) in [6, 6.07) is 5.25. The Bertz CT molecular complexity index is 610. The van der Waals surface area contributed by atoms with E-state index in [1.165, 1.54) is 6.20 Å². The first kappa shape index (κ1) is 14.4. The SMILES string of the molecule is CCCOc1c(Cl)cccc1NC(=O)c1cncn1C. The molecule has 1 aromatic heterocycles. The third-order valence-electron chi connectivity index (χ3n) is 2.72. The number of ether oxygens (including phenoxy) is 1. The second-order valence-electron chi connectivity index (χ2n) is 4.31. The molecular weight excluding hydrogens is 278 g/mol. The molecule has 0 spiro atoms. The number of anilines is 1. The second-order valence-corrected chi connectivity index (χ2v) is 4.72. The number of hydrogen-bond donors (Lipinski definition) is 1. The summed E-state index contributed by atoms with van der Waals surface area (Å²) in [6.07, 6.45) is 3.94. The molecule has 1 amide bonds. The van der Waals surface area contributed by atoms with Crippen LogP contribution in [0.15, 0.2) is 30.7 Å². The molecule has 2 aromatic rings. The Morgan fingerprint density at radius 3 is 2.95 bits per heavy atom. The number of para-hydroxylation sites is 1. The fourth-order valence-corrected chi connectivity index (χ4v) is 1.95. The number of halogens is 1. The molecule has 1 aromatic carbocycles. The van der Waals surface area contributed by atoms with Crippen molar-refractivity contribution in [1.29, 1.82) is 0 Å². The lowest BCUT2D eigenvalue weighted by Crippen LogP contribution is -2.16. The van der Waals surface area contributed by atoms with Crippen LogP contribution in [0.3, 0.4) is 0 Å². The van der Waals surface area contributed by atoms with E-state index in [2.05, 4.69) is 10.3 Å². The molecule has 1 heterocycles. The molecular formula is C14H16ClN3O2. The van der Waals surface area contributed by atoms with Gasteiger partial charge in [-0.1, -0.05) is 24.6 Å². The van der Waals surface area contributed by atoms with Crippen molar-refractivity contribution < 1.29 is 9.53 Å². The van der Waals surface area contributed by atoms with Crippen molar-refractivity contribution in [1.82, 2.24) is 9.55 Å². The number of benzene rings is 1. The van der Waals surface area contributed by atoms with Crippen LogP contribution >= 0.6 is 11.6 Å². The van der Waals surface area contributed by atoms with E-state index in [4.69, 9.17) is 16.3 Å².